The van der Waals surface area contributed by atoms with Gasteiger partial charge >= 0.3 is 0 Å². The van der Waals surface area contributed by atoms with Crippen LogP contribution in [0.25, 0.3) is 0 Å². The monoisotopic (exact) mass is 458 g/mol. The zero-order valence-corrected chi connectivity index (χ0v) is 18.7. The maximum atomic E-state index is 12.9. The molecule has 0 aromatic heterocycles. The summed E-state index contributed by atoms with van der Waals surface area (Å²) in [6, 6.07) is 12.2. The molecule has 2 saturated heterocycles. The average molecular weight is 459 g/mol. The molecule has 2 fully saturated rings. The van der Waals surface area contributed by atoms with Crippen molar-refractivity contribution in [2.75, 3.05) is 24.5 Å². The van der Waals surface area contributed by atoms with Crippen LogP contribution in [0.15, 0.2) is 42.5 Å². The van der Waals surface area contributed by atoms with E-state index in [1.807, 2.05) is 12.1 Å². The van der Waals surface area contributed by atoms with Gasteiger partial charge in [-0.3, -0.25) is 14.4 Å². The van der Waals surface area contributed by atoms with Crippen molar-refractivity contribution in [3.05, 3.63) is 63.6 Å². The smallest absolute Gasteiger partial charge is 0.253 e. The molecule has 0 bridgehead atoms. The molecule has 2 aliphatic heterocycles. The summed E-state index contributed by atoms with van der Waals surface area (Å²) in [5, 5.41) is 0.795. The highest BCUT2D eigenvalue weighted by Gasteiger charge is 2.29. The summed E-state index contributed by atoms with van der Waals surface area (Å²) in [4.78, 5) is 41.4. The lowest BCUT2D eigenvalue weighted by Crippen LogP contribution is -2.40. The number of halogens is 2. The zero-order chi connectivity index (χ0) is 22.0. The number of rotatable bonds is 4. The van der Waals surface area contributed by atoms with Gasteiger partial charge in [0.1, 0.15) is 0 Å². The van der Waals surface area contributed by atoms with Gasteiger partial charge in [-0.1, -0.05) is 23.2 Å². The van der Waals surface area contributed by atoms with Crippen LogP contribution in [0.4, 0.5) is 5.69 Å². The van der Waals surface area contributed by atoms with E-state index in [2.05, 4.69) is 0 Å². The standard InChI is InChI=1S/C24H24Cl2N2O3/c25-20-9-6-18(15-21(20)26)23(30)16-10-13-27(14-11-16)24(31)17-4-7-19(8-5-17)28-12-2-1-3-22(28)29/h4-9,15-16H,1-3,10-14H2. The third-order valence-electron chi connectivity index (χ3n) is 6.11. The van der Waals surface area contributed by atoms with Crippen LogP contribution < -0.4 is 4.90 Å². The lowest BCUT2D eigenvalue weighted by atomic mass is 9.88. The normalized spacial score (nSPS) is 17.7. The Morgan fingerprint density at radius 2 is 1.52 bits per heavy atom. The van der Waals surface area contributed by atoms with Crippen LogP contribution in [0, 0.1) is 5.92 Å². The minimum absolute atomic E-state index is 0.0428. The molecule has 4 rings (SSSR count). The first kappa shape index (κ1) is 21.8. The Bertz CT molecular complexity index is 998. The van der Waals surface area contributed by atoms with E-state index < -0.39 is 0 Å². The fourth-order valence-electron chi connectivity index (χ4n) is 4.28. The van der Waals surface area contributed by atoms with Crippen molar-refractivity contribution in [3.63, 3.8) is 0 Å². The highest BCUT2D eigenvalue weighted by Crippen LogP contribution is 2.28. The second-order valence-electron chi connectivity index (χ2n) is 8.11. The summed E-state index contributed by atoms with van der Waals surface area (Å²) in [7, 11) is 0. The lowest BCUT2D eigenvalue weighted by Gasteiger charge is -2.31. The maximum absolute atomic E-state index is 12.9. The number of likely N-dealkylation sites (tertiary alicyclic amines) is 1. The Kier molecular flexibility index (Phi) is 6.63. The van der Waals surface area contributed by atoms with Crippen molar-refractivity contribution in [1.82, 2.24) is 4.90 Å². The summed E-state index contributed by atoms with van der Waals surface area (Å²) in [5.41, 5.74) is 2.00. The molecular formula is C24H24Cl2N2O3. The number of anilines is 1. The predicted octanol–water partition coefficient (Wildman–Crippen LogP) is 5.25. The van der Waals surface area contributed by atoms with E-state index in [1.54, 1.807) is 40.1 Å². The molecule has 0 unspecified atom stereocenters. The van der Waals surface area contributed by atoms with Crippen molar-refractivity contribution in [3.8, 4) is 0 Å². The molecule has 2 aliphatic rings. The molecule has 0 aliphatic carbocycles. The minimum Gasteiger partial charge on any atom is -0.339 e. The molecule has 2 aromatic rings. The van der Waals surface area contributed by atoms with E-state index in [9.17, 15) is 14.4 Å². The number of nitrogens with zero attached hydrogens (tertiary/aromatic N) is 2. The number of amides is 2. The van der Waals surface area contributed by atoms with Gasteiger partial charge < -0.3 is 9.80 Å². The molecule has 0 atom stereocenters. The molecular weight excluding hydrogens is 435 g/mol. The minimum atomic E-state index is -0.131. The highest BCUT2D eigenvalue weighted by molar-refractivity contribution is 6.42. The van der Waals surface area contributed by atoms with Crippen molar-refractivity contribution in [1.29, 1.82) is 0 Å². The van der Waals surface area contributed by atoms with Crippen LogP contribution in [0.1, 0.15) is 52.8 Å². The predicted molar refractivity (Wildman–Crippen MR) is 122 cm³/mol. The van der Waals surface area contributed by atoms with Crippen molar-refractivity contribution < 1.29 is 14.4 Å². The van der Waals surface area contributed by atoms with Crippen molar-refractivity contribution in [2.24, 2.45) is 5.92 Å². The van der Waals surface area contributed by atoms with Gasteiger partial charge in [-0.25, -0.2) is 0 Å². The maximum Gasteiger partial charge on any atom is 0.253 e. The molecule has 5 nitrogen and oxygen atoms in total. The van der Waals surface area contributed by atoms with Crippen LogP contribution in [0.2, 0.25) is 10.0 Å². The van der Waals surface area contributed by atoms with E-state index in [1.165, 1.54) is 0 Å². The average Bonchev–Trinajstić information content (AvgIpc) is 2.80. The van der Waals surface area contributed by atoms with E-state index >= 15 is 0 Å². The van der Waals surface area contributed by atoms with Gasteiger partial charge in [0.15, 0.2) is 5.78 Å². The Morgan fingerprint density at radius 1 is 0.839 bits per heavy atom. The molecule has 2 heterocycles. The molecule has 0 radical (unpaired) electrons. The number of carbonyl (C=O) groups excluding carboxylic acids is 3. The fraction of sp³-hybridized carbons (Fsp3) is 0.375. The molecule has 0 spiro atoms. The van der Waals surface area contributed by atoms with Crippen LogP contribution >= 0.6 is 23.2 Å². The van der Waals surface area contributed by atoms with Crippen LogP contribution in [0.3, 0.4) is 0 Å². The number of carbonyl (C=O) groups is 3. The molecule has 7 heteroatoms. The number of Topliss-reactive ketones (excluding diaryl/α,β-unsaturated/α-hetero) is 1. The second-order valence-corrected chi connectivity index (χ2v) is 8.92. The quantitative estimate of drug-likeness (QED) is 0.588. The number of benzene rings is 2. The SMILES string of the molecule is O=C(c1ccc(Cl)c(Cl)c1)C1CCN(C(=O)c2ccc(N3CCCCC3=O)cc2)CC1. The van der Waals surface area contributed by atoms with Crippen molar-refractivity contribution in [2.45, 2.75) is 32.1 Å². The van der Waals surface area contributed by atoms with Crippen molar-refractivity contribution >= 4 is 46.5 Å². The van der Waals surface area contributed by atoms with Gasteiger partial charge in [-0.2, -0.15) is 0 Å². The van der Waals surface area contributed by atoms with E-state index in [4.69, 9.17) is 23.2 Å². The summed E-state index contributed by atoms with van der Waals surface area (Å²) in [6.45, 7) is 1.79. The van der Waals surface area contributed by atoms with Gasteiger partial charge in [0.2, 0.25) is 5.91 Å². The molecule has 0 saturated carbocycles. The molecule has 31 heavy (non-hydrogen) atoms. The van der Waals surface area contributed by atoms with Gasteiger partial charge in [0.05, 0.1) is 10.0 Å². The number of ketones is 1. The van der Waals surface area contributed by atoms with Gasteiger partial charge in [0.25, 0.3) is 5.91 Å². The Hall–Kier alpha value is -2.37. The first-order valence-electron chi connectivity index (χ1n) is 10.6. The van der Waals surface area contributed by atoms with Gasteiger partial charge in [-0.05, 0) is 68.1 Å². The largest absolute Gasteiger partial charge is 0.339 e. The number of piperidine rings is 2. The van der Waals surface area contributed by atoms with Gasteiger partial charge in [0, 0.05) is 48.8 Å². The highest BCUT2D eigenvalue weighted by atomic mass is 35.5. The second kappa shape index (κ2) is 9.41. The van der Waals surface area contributed by atoms with Gasteiger partial charge in [-0.15, -0.1) is 0 Å². The first-order chi connectivity index (χ1) is 14.9. The molecule has 2 amide bonds. The van der Waals surface area contributed by atoms with E-state index in [0.717, 1.165) is 25.1 Å². The van der Waals surface area contributed by atoms with Crippen LogP contribution in [-0.2, 0) is 4.79 Å². The summed E-state index contributed by atoms with van der Waals surface area (Å²) in [5.74, 6) is 0.00555. The number of hydrogen-bond donors (Lipinski definition) is 0. The Morgan fingerprint density at radius 3 is 2.16 bits per heavy atom. The van der Waals surface area contributed by atoms with E-state index in [-0.39, 0.29) is 23.5 Å². The Labute approximate surface area is 191 Å². The molecule has 2 aromatic carbocycles. The molecule has 0 N–H and O–H groups in total. The topological polar surface area (TPSA) is 57.7 Å². The third kappa shape index (κ3) is 4.78. The van der Waals surface area contributed by atoms with Crippen LogP contribution in [0.5, 0.6) is 0 Å². The van der Waals surface area contributed by atoms with Crippen LogP contribution in [-0.4, -0.2) is 42.1 Å². The first-order valence-corrected chi connectivity index (χ1v) is 11.4. The summed E-state index contributed by atoms with van der Waals surface area (Å²) >= 11 is 12.0. The van der Waals surface area contributed by atoms with E-state index in [0.29, 0.717) is 53.5 Å². The lowest BCUT2D eigenvalue weighted by molar-refractivity contribution is -0.119. The fourth-order valence-corrected chi connectivity index (χ4v) is 4.57. The third-order valence-corrected chi connectivity index (χ3v) is 6.85. The zero-order valence-electron chi connectivity index (χ0n) is 17.2. The summed E-state index contributed by atoms with van der Waals surface area (Å²) in [6.07, 6.45) is 3.75. The summed E-state index contributed by atoms with van der Waals surface area (Å²) < 4.78 is 0. The Balaban J connectivity index is 1.36. The molecule has 162 valence electrons. The number of hydrogen-bond acceptors (Lipinski definition) is 3.